The lowest BCUT2D eigenvalue weighted by molar-refractivity contribution is 0.101. The summed E-state index contributed by atoms with van der Waals surface area (Å²) in [5.41, 5.74) is 1.67. The van der Waals surface area contributed by atoms with Gasteiger partial charge in [0.05, 0.1) is 24.5 Å². The number of carbonyl (C=O) groups is 1. The van der Waals surface area contributed by atoms with E-state index in [1.807, 2.05) is 6.07 Å². The predicted molar refractivity (Wildman–Crippen MR) is 57.3 cm³/mol. The Hall–Kier alpha value is -1.42. The average molecular weight is 206 g/mol. The minimum atomic E-state index is 0.0598. The summed E-state index contributed by atoms with van der Waals surface area (Å²) in [4.78, 5) is 17.6. The number of pyridine rings is 1. The van der Waals surface area contributed by atoms with Gasteiger partial charge in [0.1, 0.15) is 0 Å². The first-order valence-corrected chi connectivity index (χ1v) is 5.06. The molecule has 80 valence electrons. The van der Waals surface area contributed by atoms with E-state index in [4.69, 9.17) is 4.74 Å². The Bertz CT molecular complexity index is 359. The number of hydrogen-bond donors (Lipinski definition) is 0. The van der Waals surface area contributed by atoms with E-state index in [0.29, 0.717) is 5.56 Å². The molecule has 2 rings (SSSR count). The summed E-state index contributed by atoms with van der Waals surface area (Å²) in [7, 11) is 0. The highest BCUT2D eigenvalue weighted by atomic mass is 16.5. The molecule has 0 N–H and O–H groups in total. The third-order valence-electron chi connectivity index (χ3n) is 2.53. The lowest BCUT2D eigenvalue weighted by Gasteiger charge is -2.29. The van der Waals surface area contributed by atoms with Crippen LogP contribution in [0.25, 0.3) is 0 Å². The van der Waals surface area contributed by atoms with Crippen molar-refractivity contribution in [3.05, 3.63) is 24.0 Å². The molecule has 0 aliphatic carbocycles. The second-order valence-corrected chi connectivity index (χ2v) is 3.55. The highest BCUT2D eigenvalue weighted by Gasteiger charge is 2.16. The highest BCUT2D eigenvalue weighted by molar-refractivity contribution is 5.99. The molecule has 1 aliphatic rings. The first-order valence-electron chi connectivity index (χ1n) is 5.06. The Balaban J connectivity index is 2.29. The van der Waals surface area contributed by atoms with Crippen molar-refractivity contribution < 1.29 is 9.53 Å². The second kappa shape index (κ2) is 4.40. The molecule has 1 aromatic rings. The number of nitrogens with zero attached hydrogens (tertiary/aromatic N) is 2. The van der Waals surface area contributed by atoms with Gasteiger partial charge in [-0.05, 0) is 13.0 Å². The molecule has 1 saturated heterocycles. The van der Waals surface area contributed by atoms with Gasteiger partial charge < -0.3 is 9.64 Å². The fraction of sp³-hybridized carbons (Fsp3) is 0.455. The fourth-order valence-electron chi connectivity index (χ4n) is 1.74. The van der Waals surface area contributed by atoms with Gasteiger partial charge >= 0.3 is 0 Å². The van der Waals surface area contributed by atoms with E-state index < -0.39 is 0 Å². The van der Waals surface area contributed by atoms with Gasteiger partial charge in [-0.15, -0.1) is 0 Å². The molecular formula is C11H14N2O2. The number of carbonyl (C=O) groups excluding carboxylic acids is 1. The summed E-state index contributed by atoms with van der Waals surface area (Å²) in [6, 6.07) is 1.89. The van der Waals surface area contributed by atoms with E-state index in [0.717, 1.165) is 32.0 Å². The van der Waals surface area contributed by atoms with E-state index in [1.165, 1.54) is 0 Å². The SMILES string of the molecule is CC(=O)c1cnccc1N1CCOCC1. The smallest absolute Gasteiger partial charge is 0.163 e. The van der Waals surface area contributed by atoms with Gasteiger partial charge in [-0.25, -0.2) is 0 Å². The van der Waals surface area contributed by atoms with E-state index in [1.54, 1.807) is 19.3 Å². The van der Waals surface area contributed by atoms with Crippen molar-refractivity contribution >= 4 is 11.5 Å². The van der Waals surface area contributed by atoms with Crippen molar-refractivity contribution in [2.24, 2.45) is 0 Å². The maximum Gasteiger partial charge on any atom is 0.163 e. The molecule has 0 atom stereocenters. The summed E-state index contributed by atoms with van der Waals surface area (Å²) >= 11 is 0. The predicted octanol–water partition coefficient (Wildman–Crippen LogP) is 1.12. The van der Waals surface area contributed by atoms with Crippen LogP contribution in [-0.2, 0) is 4.74 Å². The topological polar surface area (TPSA) is 42.4 Å². The summed E-state index contributed by atoms with van der Waals surface area (Å²) in [6.45, 7) is 4.69. The largest absolute Gasteiger partial charge is 0.378 e. The molecule has 15 heavy (non-hydrogen) atoms. The third kappa shape index (κ3) is 2.15. The number of aromatic nitrogens is 1. The van der Waals surface area contributed by atoms with Crippen molar-refractivity contribution in [2.75, 3.05) is 31.2 Å². The van der Waals surface area contributed by atoms with Crippen LogP contribution in [0.3, 0.4) is 0 Å². The monoisotopic (exact) mass is 206 g/mol. The second-order valence-electron chi connectivity index (χ2n) is 3.55. The number of hydrogen-bond acceptors (Lipinski definition) is 4. The zero-order valence-electron chi connectivity index (χ0n) is 8.77. The number of rotatable bonds is 2. The zero-order chi connectivity index (χ0) is 10.7. The quantitative estimate of drug-likeness (QED) is 0.680. The van der Waals surface area contributed by atoms with Crippen LogP contribution in [0.1, 0.15) is 17.3 Å². The molecule has 1 aromatic heterocycles. The number of anilines is 1. The minimum absolute atomic E-state index is 0.0598. The number of ether oxygens (including phenoxy) is 1. The van der Waals surface area contributed by atoms with Crippen LogP contribution in [0.5, 0.6) is 0 Å². The molecule has 0 saturated carbocycles. The minimum Gasteiger partial charge on any atom is -0.378 e. The fourth-order valence-corrected chi connectivity index (χ4v) is 1.74. The summed E-state index contributed by atoms with van der Waals surface area (Å²) in [5, 5.41) is 0. The first kappa shape index (κ1) is 10.1. The van der Waals surface area contributed by atoms with Crippen LogP contribution < -0.4 is 4.90 Å². The summed E-state index contributed by atoms with van der Waals surface area (Å²) < 4.78 is 5.28. The standard InChI is InChI=1S/C11H14N2O2/c1-9(14)10-8-12-3-2-11(10)13-4-6-15-7-5-13/h2-3,8H,4-7H2,1H3. The zero-order valence-corrected chi connectivity index (χ0v) is 8.77. The third-order valence-corrected chi connectivity index (χ3v) is 2.53. The maximum atomic E-state index is 11.4. The Morgan fingerprint density at radius 1 is 1.47 bits per heavy atom. The molecule has 0 aromatic carbocycles. The van der Waals surface area contributed by atoms with Crippen LogP contribution in [0.15, 0.2) is 18.5 Å². The molecule has 4 nitrogen and oxygen atoms in total. The Labute approximate surface area is 88.9 Å². The van der Waals surface area contributed by atoms with Gasteiger partial charge in [0.25, 0.3) is 0 Å². The van der Waals surface area contributed by atoms with E-state index in [2.05, 4.69) is 9.88 Å². The molecule has 0 amide bonds. The van der Waals surface area contributed by atoms with E-state index in [-0.39, 0.29) is 5.78 Å². The van der Waals surface area contributed by atoms with Crippen molar-refractivity contribution in [1.82, 2.24) is 4.98 Å². The molecular weight excluding hydrogens is 192 g/mol. The van der Waals surface area contributed by atoms with Crippen LogP contribution in [-0.4, -0.2) is 37.1 Å². The molecule has 1 fully saturated rings. The van der Waals surface area contributed by atoms with Crippen LogP contribution in [0.2, 0.25) is 0 Å². The van der Waals surface area contributed by atoms with E-state index >= 15 is 0 Å². The molecule has 0 spiro atoms. The molecule has 0 radical (unpaired) electrons. The lowest BCUT2D eigenvalue weighted by Crippen LogP contribution is -2.37. The van der Waals surface area contributed by atoms with E-state index in [9.17, 15) is 4.79 Å². The molecule has 2 heterocycles. The first-order chi connectivity index (χ1) is 7.29. The average Bonchev–Trinajstić information content (AvgIpc) is 2.30. The number of morpholine rings is 1. The lowest BCUT2D eigenvalue weighted by atomic mass is 10.1. The van der Waals surface area contributed by atoms with Crippen LogP contribution in [0, 0.1) is 0 Å². The molecule has 1 aliphatic heterocycles. The Kier molecular flexibility index (Phi) is 2.97. The van der Waals surface area contributed by atoms with Crippen molar-refractivity contribution in [2.45, 2.75) is 6.92 Å². The van der Waals surface area contributed by atoms with Gasteiger partial charge in [0.15, 0.2) is 5.78 Å². The number of ketones is 1. The normalized spacial score (nSPS) is 16.5. The van der Waals surface area contributed by atoms with Gasteiger partial charge in [-0.1, -0.05) is 0 Å². The highest BCUT2D eigenvalue weighted by Crippen LogP contribution is 2.20. The number of Topliss-reactive ketones (excluding diaryl/α,β-unsaturated/α-hetero) is 1. The maximum absolute atomic E-state index is 11.4. The van der Waals surface area contributed by atoms with Gasteiger partial charge in [-0.3, -0.25) is 9.78 Å². The Morgan fingerprint density at radius 3 is 2.87 bits per heavy atom. The molecule has 0 unspecified atom stereocenters. The van der Waals surface area contributed by atoms with Crippen molar-refractivity contribution in [1.29, 1.82) is 0 Å². The molecule has 0 bridgehead atoms. The van der Waals surface area contributed by atoms with Gasteiger partial charge in [0.2, 0.25) is 0 Å². The van der Waals surface area contributed by atoms with Crippen LogP contribution >= 0.6 is 0 Å². The molecule has 4 heteroatoms. The van der Waals surface area contributed by atoms with Crippen molar-refractivity contribution in [3.63, 3.8) is 0 Å². The van der Waals surface area contributed by atoms with Gasteiger partial charge in [-0.2, -0.15) is 0 Å². The van der Waals surface area contributed by atoms with Gasteiger partial charge in [0, 0.05) is 25.5 Å². The summed E-state index contributed by atoms with van der Waals surface area (Å²) in [5.74, 6) is 0.0598. The van der Waals surface area contributed by atoms with Crippen molar-refractivity contribution in [3.8, 4) is 0 Å². The Morgan fingerprint density at radius 2 is 2.20 bits per heavy atom. The van der Waals surface area contributed by atoms with Crippen LogP contribution in [0.4, 0.5) is 5.69 Å². The summed E-state index contributed by atoms with van der Waals surface area (Å²) in [6.07, 6.45) is 3.35.